The summed E-state index contributed by atoms with van der Waals surface area (Å²) in [5.74, 6) is -1.38. The van der Waals surface area contributed by atoms with Crippen molar-refractivity contribution < 1.29 is 19.1 Å². The van der Waals surface area contributed by atoms with Gasteiger partial charge in [0, 0.05) is 5.39 Å². The molecule has 0 fully saturated rings. The molecular formula is C22H19N3O4. The number of esters is 1. The standard InChI is InChI=1S/C22H19N3O4/c1-13-15-7-3-4-8-16(15)23-14(2)21(13)22(28)29-12-20(27)25-11-19(26)24-17-9-5-6-10-18(17)25/h3-10H,11-12H2,1-2H3,(H,24,26). The van der Waals surface area contributed by atoms with Gasteiger partial charge in [0.15, 0.2) is 6.61 Å². The lowest BCUT2D eigenvalue weighted by Crippen LogP contribution is -2.44. The van der Waals surface area contributed by atoms with E-state index < -0.39 is 18.5 Å². The van der Waals surface area contributed by atoms with Crippen LogP contribution >= 0.6 is 0 Å². The number of pyridine rings is 1. The summed E-state index contributed by atoms with van der Waals surface area (Å²) < 4.78 is 5.30. The van der Waals surface area contributed by atoms with Crippen molar-refractivity contribution in [2.24, 2.45) is 0 Å². The predicted molar refractivity (Wildman–Crippen MR) is 109 cm³/mol. The number of aryl methyl sites for hydroxylation is 2. The monoisotopic (exact) mass is 389 g/mol. The van der Waals surface area contributed by atoms with E-state index in [0.29, 0.717) is 22.6 Å². The number of fused-ring (bicyclic) bond motifs is 2. The highest BCUT2D eigenvalue weighted by Gasteiger charge is 2.28. The van der Waals surface area contributed by atoms with Gasteiger partial charge in [-0.1, -0.05) is 30.3 Å². The lowest BCUT2D eigenvalue weighted by atomic mass is 10.0. The second kappa shape index (κ2) is 7.35. The summed E-state index contributed by atoms with van der Waals surface area (Å²) in [7, 11) is 0. The third-order valence-electron chi connectivity index (χ3n) is 4.94. The molecule has 1 aliphatic heterocycles. The van der Waals surface area contributed by atoms with Gasteiger partial charge in [-0.25, -0.2) is 4.79 Å². The van der Waals surface area contributed by atoms with Crippen molar-refractivity contribution in [3.8, 4) is 0 Å². The van der Waals surface area contributed by atoms with Crippen LogP contribution in [0.15, 0.2) is 48.5 Å². The predicted octanol–water partition coefficient (Wildman–Crippen LogP) is 2.99. The van der Waals surface area contributed by atoms with Crippen molar-refractivity contribution in [3.05, 3.63) is 65.4 Å². The third kappa shape index (κ3) is 3.42. The molecule has 0 spiro atoms. The number of benzene rings is 2. The van der Waals surface area contributed by atoms with Crippen molar-refractivity contribution in [3.63, 3.8) is 0 Å². The normalized spacial score (nSPS) is 13.0. The Morgan fingerprint density at radius 3 is 2.66 bits per heavy atom. The minimum Gasteiger partial charge on any atom is -0.452 e. The summed E-state index contributed by atoms with van der Waals surface area (Å²) >= 11 is 0. The average molecular weight is 389 g/mol. The number of para-hydroxylation sites is 3. The molecule has 0 atom stereocenters. The highest BCUT2D eigenvalue weighted by Crippen LogP contribution is 2.29. The van der Waals surface area contributed by atoms with E-state index >= 15 is 0 Å². The van der Waals surface area contributed by atoms with Gasteiger partial charge in [-0.3, -0.25) is 19.5 Å². The van der Waals surface area contributed by atoms with Gasteiger partial charge in [0.25, 0.3) is 5.91 Å². The van der Waals surface area contributed by atoms with Gasteiger partial charge >= 0.3 is 5.97 Å². The average Bonchev–Trinajstić information content (AvgIpc) is 2.71. The fourth-order valence-electron chi connectivity index (χ4n) is 3.56. The molecule has 2 aromatic carbocycles. The lowest BCUT2D eigenvalue weighted by Gasteiger charge is -2.28. The molecule has 3 aromatic rings. The van der Waals surface area contributed by atoms with Crippen LogP contribution in [0.3, 0.4) is 0 Å². The Kier molecular flexibility index (Phi) is 4.72. The highest BCUT2D eigenvalue weighted by atomic mass is 16.5. The van der Waals surface area contributed by atoms with E-state index in [1.165, 1.54) is 4.90 Å². The van der Waals surface area contributed by atoms with E-state index in [4.69, 9.17) is 4.74 Å². The minimum atomic E-state index is -0.610. The summed E-state index contributed by atoms with van der Waals surface area (Å²) in [6.07, 6.45) is 0. The molecule has 146 valence electrons. The third-order valence-corrected chi connectivity index (χ3v) is 4.94. The first kappa shape index (κ1) is 18.6. The van der Waals surface area contributed by atoms with Crippen LogP contribution in [0.1, 0.15) is 21.6 Å². The number of hydrogen-bond donors (Lipinski definition) is 1. The number of carbonyl (C=O) groups is 3. The molecule has 29 heavy (non-hydrogen) atoms. The second-order valence-electron chi connectivity index (χ2n) is 6.84. The van der Waals surface area contributed by atoms with Gasteiger partial charge in [-0.2, -0.15) is 0 Å². The molecular weight excluding hydrogens is 370 g/mol. The van der Waals surface area contributed by atoms with Crippen molar-refractivity contribution >= 4 is 40.1 Å². The zero-order valence-electron chi connectivity index (χ0n) is 16.1. The first-order valence-corrected chi connectivity index (χ1v) is 9.18. The van der Waals surface area contributed by atoms with E-state index in [1.807, 2.05) is 31.2 Å². The number of anilines is 2. The zero-order valence-corrected chi connectivity index (χ0v) is 16.1. The first-order chi connectivity index (χ1) is 14.0. The van der Waals surface area contributed by atoms with E-state index in [9.17, 15) is 14.4 Å². The fraction of sp³-hybridized carbons (Fsp3) is 0.182. The Morgan fingerprint density at radius 2 is 1.83 bits per heavy atom. The smallest absolute Gasteiger partial charge is 0.340 e. The molecule has 1 aliphatic rings. The highest BCUT2D eigenvalue weighted by molar-refractivity contribution is 6.10. The largest absolute Gasteiger partial charge is 0.452 e. The van der Waals surface area contributed by atoms with Crippen molar-refractivity contribution in [1.29, 1.82) is 0 Å². The molecule has 0 radical (unpaired) electrons. The van der Waals surface area contributed by atoms with E-state index in [-0.39, 0.29) is 12.5 Å². The van der Waals surface area contributed by atoms with Gasteiger partial charge in [0.1, 0.15) is 6.54 Å². The summed E-state index contributed by atoms with van der Waals surface area (Å²) in [4.78, 5) is 43.1. The second-order valence-corrected chi connectivity index (χ2v) is 6.84. The molecule has 0 aliphatic carbocycles. The van der Waals surface area contributed by atoms with Crippen LogP contribution in [-0.2, 0) is 14.3 Å². The molecule has 2 amide bonds. The molecule has 1 aromatic heterocycles. The Balaban J connectivity index is 1.54. The SMILES string of the molecule is Cc1nc2ccccc2c(C)c1C(=O)OCC(=O)N1CC(=O)Nc2ccccc21. The van der Waals surface area contributed by atoms with E-state index in [2.05, 4.69) is 10.3 Å². The Morgan fingerprint density at radius 1 is 1.10 bits per heavy atom. The maximum atomic E-state index is 12.7. The summed E-state index contributed by atoms with van der Waals surface area (Å²) in [6, 6.07) is 14.5. The molecule has 0 unspecified atom stereocenters. The van der Waals surface area contributed by atoms with Crippen LogP contribution < -0.4 is 10.2 Å². The molecule has 0 bridgehead atoms. The van der Waals surface area contributed by atoms with Gasteiger partial charge in [0.05, 0.1) is 28.1 Å². The number of rotatable bonds is 3. The Labute approximate surface area is 167 Å². The number of carbonyl (C=O) groups excluding carboxylic acids is 3. The number of aromatic nitrogens is 1. The fourth-order valence-corrected chi connectivity index (χ4v) is 3.56. The van der Waals surface area contributed by atoms with Gasteiger partial charge in [0.2, 0.25) is 5.91 Å². The molecule has 7 heteroatoms. The van der Waals surface area contributed by atoms with Crippen LogP contribution in [0.4, 0.5) is 11.4 Å². The van der Waals surface area contributed by atoms with E-state index in [0.717, 1.165) is 16.5 Å². The van der Waals surface area contributed by atoms with Crippen molar-refractivity contribution in [2.75, 3.05) is 23.4 Å². The summed E-state index contributed by atoms with van der Waals surface area (Å²) in [5, 5.41) is 3.58. The first-order valence-electron chi connectivity index (χ1n) is 9.18. The number of nitrogens with one attached hydrogen (secondary N) is 1. The van der Waals surface area contributed by atoms with Crippen LogP contribution in [0.5, 0.6) is 0 Å². The van der Waals surface area contributed by atoms with Gasteiger partial charge in [-0.05, 0) is 37.6 Å². The summed E-state index contributed by atoms with van der Waals surface area (Å²) in [5.41, 5.74) is 3.58. The van der Waals surface area contributed by atoms with Crippen molar-refractivity contribution in [1.82, 2.24) is 4.98 Å². The van der Waals surface area contributed by atoms with Crippen LogP contribution in [0.25, 0.3) is 10.9 Å². The minimum absolute atomic E-state index is 0.122. The lowest BCUT2D eigenvalue weighted by molar-refractivity contribution is -0.124. The van der Waals surface area contributed by atoms with Crippen molar-refractivity contribution in [2.45, 2.75) is 13.8 Å². The topological polar surface area (TPSA) is 88.6 Å². The van der Waals surface area contributed by atoms with Crippen LogP contribution in [0, 0.1) is 13.8 Å². The Hall–Kier alpha value is -3.74. The van der Waals surface area contributed by atoms with Crippen LogP contribution in [0.2, 0.25) is 0 Å². The number of ether oxygens (including phenoxy) is 1. The maximum absolute atomic E-state index is 12.7. The zero-order chi connectivity index (χ0) is 20.5. The molecule has 0 saturated heterocycles. The molecule has 1 N–H and O–H groups in total. The maximum Gasteiger partial charge on any atom is 0.340 e. The molecule has 7 nitrogen and oxygen atoms in total. The van der Waals surface area contributed by atoms with Gasteiger partial charge in [-0.15, -0.1) is 0 Å². The molecule has 4 rings (SSSR count). The number of nitrogens with zero attached hydrogens (tertiary/aromatic N) is 2. The number of hydrogen-bond acceptors (Lipinski definition) is 5. The molecule has 2 heterocycles. The van der Waals surface area contributed by atoms with Crippen LogP contribution in [-0.4, -0.2) is 35.9 Å². The van der Waals surface area contributed by atoms with Gasteiger partial charge < -0.3 is 10.1 Å². The Bertz CT molecular complexity index is 1160. The quantitative estimate of drug-likeness (QED) is 0.696. The summed E-state index contributed by atoms with van der Waals surface area (Å²) in [6.45, 7) is 2.98. The van der Waals surface area contributed by atoms with E-state index in [1.54, 1.807) is 31.2 Å². The molecule has 0 saturated carbocycles. The number of amides is 2.